The van der Waals surface area contributed by atoms with Crippen LogP contribution in [-0.2, 0) is 6.42 Å². The van der Waals surface area contributed by atoms with E-state index in [0.29, 0.717) is 0 Å². The Bertz CT molecular complexity index is 659. The second kappa shape index (κ2) is 5.47. The van der Waals surface area contributed by atoms with E-state index in [9.17, 15) is 0 Å². The lowest BCUT2D eigenvalue weighted by Gasteiger charge is -2.06. The van der Waals surface area contributed by atoms with Gasteiger partial charge in [-0.05, 0) is 43.5 Å². The maximum Gasteiger partial charge on any atom is 0.215 e. The third-order valence-corrected chi connectivity index (χ3v) is 3.72. The quantitative estimate of drug-likeness (QED) is 0.582. The van der Waals surface area contributed by atoms with E-state index >= 15 is 0 Å². The van der Waals surface area contributed by atoms with E-state index in [1.807, 2.05) is 24.3 Å². The molecule has 0 amide bonds. The minimum absolute atomic E-state index is 0.0691. The summed E-state index contributed by atoms with van der Waals surface area (Å²) >= 11 is 0. The molecule has 1 aliphatic rings. The SMILES string of the molecule is COc1ccc(-c2nn(C(=N)N)c3c2CCCCN3)cc1. The predicted molar refractivity (Wildman–Crippen MR) is 83.0 cm³/mol. The molecule has 1 aliphatic heterocycles. The highest BCUT2D eigenvalue weighted by molar-refractivity contribution is 5.84. The van der Waals surface area contributed by atoms with Crippen LogP contribution in [0.2, 0.25) is 0 Å². The first kappa shape index (κ1) is 13.5. The molecular formula is C15H19N5O. The van der Waals surface area contributed by atoms with Crippen LogP contribution in [0.3, 0.4) is 0 Å². The first-order valence-electron chi connectivity index (χ1n) is 7.05. The Hall–Kier alpha value is -2.50. The zero-order valence-corrected chi connectivity index (χ0v) is 12.0. The predicted octanol–water partition coefficient (Wildman–Crippen LogP) is 2.05. The first-order valence-corrected chi connectivity index (χ1v) is 7.05. The Morgan fingerprint density at radius 3 is 2.76 bits per heavy atom. The molecule has 0 spiro atoms. The molecule has 2 heterocycles. The van der Waals surface area contributed by atoms with Crippen molar-refractivity contribution in [2.45, 2.75) is 19.3 Å². The monoisotopic (exact) mass is 285 g/mol. The molecule has 110 valence electrons. The largest absolute Gasteiger partial charge is 0.497 e. The standard InChI is InChI=1S/C15H19N5O/c1-21-11-7-5-10(6-8-11)13-12-4-2-3-9-18-14(12)20(19-13)15(16)17/h5-8,18H,2-4,9H2,1H3,(H3,16,17). The summed E-state index contributed by atoms with van der Waals surface area (Å²) in [6, 6.07) is 7.80. The van der Waals surface area contributed by atoms with E-state index in [1.54, 1.807) is 7.11 Å². The van der Waals surface area contributed by atoms with Gasteiger partial charge in [-0.2, -0.15) is 9.78 Å². The van der Waals surface area contributed by atoms with Crippen molar-refractivity contribution in [1.29, 1.82) is 5.41 Å². The number of ether oxygens (including phenoxy) is 1. The fourth-order valence-corrected chi connectivity index (χ4v) is 2.66. The third kappa shape index (κ3) is 2.44. The number of anilines is 1. The van der Waals surface area contributed by atoms with Gasteiger partial charge in [0.05, 0.1) is 12.8 Å². The van der Waals surface area contributed by atoms with Gasteiger partial charge in [0.15, 0.2) is 0 Å². The maximum absolute atomic E-state index is 7.70. The number of nitrogens with one attached hydrogen (secondary N) is 2. The number of hydrogen-bond acceptors (Lipinski definition) is 4. The molecule has 0 saturated carbocycles. The van der Waals surface area contributed by atoms with Crippen molar-refractivity contribution in [3.05, 3.63) is 29.8 Å². The number of hydrogen-bond donors (Lipinski definition) is 3. The maximum atomic E-state index is 7.70. The van der Waals surface area contributed by atoms with Crippen LogP contribution in [0, 0.1) is 5.41 Å². The molecule has 0 saturated heterocycles. The number of methoxy groups -OCH3 is 1. The summed E-state index contributed by atoms with van der Waals surface area (Å²) in [6.07, 6.45) is 3.15. The molecule has 21 heavy (non-hydrogen) atoms. The molecule has 6 nitrogen and oxygen atoms in total. The highest BCUT2D eigenvalue weighted by Gasteiger charge is 2.21. The fourth-order valence-electron chi connectivity index (χ4n) is 2.66. The summed E-state index contributed by atoms with van der Waals surface area (Å²) < 4.78 is 6.68. The topological polar surface area (TPSA) is 89.0 Å². The number of nitrogens with zero attached hydrogens (tertiary/aromatic N) is 2. The van der Waals surface area contributed by atoms with Gasteiger partial charge in [-0.25, -0.2) is 0 Å². The molecule has 4 N–H and O–H groups in total. The second-order valence-electron chi connectivity index (χ2n) is 5.09. The van der Waals surface area contributed by atoms with Crippen LogP contribution in [0.25, 0.3) is 11.3 Å². The number of aromatic nitrogens is 2. The summed E-state index contributed by atoms with van der Waals surface area (Å²) in [7, 11) is 1.65. The lowest BCUT2D eigenvalue weighted by atomic mass is 10.0. The minimum atomic E-state index is -0.0691. The molecule has 1 aromatic carbocycles. The van der Waals surface area contributed by atoms with Crippen LogP contribution in [0.1, 0.15) is 18.4 Å². The smallest absolute Gasteiger partial charge is 0.215 e. The van der Waals surface area contributed by atoms with Gasteiger partial charge in [0.2, 0.25) is 5.96 Å². The average Bonchev–Trinajstić information content (AvgIpc) is 2.69. The van der Waals surface area contributed by atoms with Gasteiger partial charge in [0, 0.05) is 17.7 Å². The van der Waals surface area contributed by atoms with Gasteiger partial charge in [-0.15, -0.1) is 0 Å². The first-order chi connectivity index (χ1) is 10.2. The molecule has 0 unspecified atom stereocenters. The zero-order valence-electron chi connectivity index (χ0n) is 12.0. The van der Waals surface area contributed by atoms with Crippen molar-refractivity contribution < 1.29 is 4.74 Å². The molecule has 1 aromatic heterocycles. The molecule has 3 rings (SSSR count). The summed E-state index contributed by atoms with van der Waals surface area (Å²) in [4.78, 5) is 0. The van der Waals surface area contributed by atoms with E-state index in [-0.39, 0.29) is 5.96 Å². The Morgan fingerprint density at radius 1 is 1.33 bits per heavy atom. The Morgan fingerprint density at radius 2 is 2.10 bits per heavy atom. The normalized spacial score (nSPS) is 14.0. The van der Waals surface area contributed by atoms with Gasteiger partial charge >= 0.3 is 0 Å². The van der Waals surface area contributed by atoms with Gasteiger partial charge in [-0.3, -0.25) is 5.41 Å². The van der Waals surface area contributed by atoms with Gasteiger partial charge in [0.1, 0.15) is 11.6 Å². The van der Waals surface area contributed by atoms with E-state index in [0.717, 1.165) is 54.2 Å². The van der Waals surface area contributed by atoms with E-state index in [4.69, 9.17) is 15.9 Å². The molecule has 0 aliphatic carbocycles. The summed E-state index contributed by atoms with van der Waals surface area (Å²) in [5.74, 6) is 1.60. The lowest BCUT2D eigenvalue weighted by Crippen LogP contribution is -2.24. The van der Waals surface area contributed by atoms with Crippen molar-refractivity contribution in [2.75, 3.05) is 19.0 Å². The molecule has 6 heteroatoms. The average molecular weight is 285 g/mol. The number of nitrogen functional groups attached to an aromatic ring is 1. The fraction of sp³-hybridized carbons (Fsp3) is 0.333. The molecule has 0 radical (unpaired) electrons. The van der Waals surface area contributed by atoms with Crippen LogP contribution in [0.15, 0.2) is 24.3 Å². The highest BCUT2D eigenvalue weighted by Crippen LogP contribution is 2.32. The highest BCUT2D eigenvalue weighted by atomic mass is 16.5. The van der Waals surface area contributed by atoms with Crippen molar-refractivity contribution in [3.8, 4) is 17.0 Å². The van der Waals surface area contributed by atoms with Gasteiger partial charge < -0.3 is 15.8 Å². The van der Waals surface area contributed by atoms with Crippen LogP contribution in [0.4, 0.5) is 5.82 Å². The summed E-state index contributed by atoms with van der Waals surface area (Å²) in [6.45, 7) is 0.883. The van der Waals surface area contributed by atoms with Gasteiger partial charge in [-0.1, -0.05) is 0 Å². The van der Waals surface area contributed by atoms with Crippen molar-refractivity contribution in [1.82, 2.24) is 9.78 Å². The minimum Gasteiger partial charge on any atom is -0.497 e. The molecule has 0 fully saturated rings. The summed E-state index contributed by atoms with van der Waals surface area (Å²) in [5.41, 5.74) is 8.68. The van der Waals surface area contributed by atoms with E-state index in [1.165, 1.54) is 4.68 Å². The van der Waals surface area contributed by atoms with Crippen molar-refractivity contribution in [2.24, 2.45) is 5.73 Å². The number of benzene rings is 1. The Balaban J connectivity index is 2.10. The third-order valence-electron chi connectivity index (χ3n) is 3.72. The molecule has 0 atom stereocenters. The van der Waals surface area contributed by atoms with Crippen LogP contribution < -0.4 is 15.8 Å². The molecular weight excluding hydrogens is 266 g/mol. The number of rotatable bonds is 2. The Kier molecular flexibility index (Phi) is 3.51. The van der Waals surface area contributed by atoms with Crippen LogP contribution in [0.5, 0.6) is 5.75 Å². The Labute approximate surface area is 123 Å². The summed E-state index contributed by atoms with van der Waals surface area (Å²) in [5, 5.41) is 15.6. The number of nitrogens with two attached hydrogens (primary N) is 1. The van der Waals surface area contributed by atoms with E-state index in [2.05, 4.69) is 10.4 Å². The lowest BCUT2D eigenvalue weighted by molar-refractivity contribution is 0.415. The van der Waals surface area contributed by atoms with Crippen LogP contribution >= 0.6 is 0 Å². The molecule has 2 aromatic rings. The van der Waals surface area contributed by atoms with Crippen molar-refractivity contribution in [3.63, 3.8) is 0 Å². The van der Waals surface area contributed by atoms with Gasteiger partial charge in [0.25, 0.3) is 0 Å². The zero-order chi connectivity index (χ0) is 14.8. The van der Waals surface area contributed by atoms with E-state index < -0.39 is 0 Å². The second-order valence-corrected chi connectivity index (χ2v) is 5.09. The van der Waals surface area contributed by atoms with Crippen LogP contribution in [-0.4, -0.2) is 29.4 Å². The molecule has 0 bridgehead atoms. The van der Waals surface area contributed by atoms with Crippen molar-refractivity contribution >= 4 is 11.8 Å². The number of fused-ring (bicyclic) bond motifs is 1.